The number of nitrogens with zero attached hydrogens (tertiary/aromatic N) is 3. The average Bonchev–Trinajstić information content (AvgIpc) is 2.85. The fraction of sp³-hybridized carbons (Fsp3) is 0. The van der Waals surface area contributed by atoms with Crippen LogP contribution in [0.1, 0.15) is 0 Å². The number of benzene rings is 4. The molecule has 5 aromatic rings. The molecule has 0 aliphatic carbocycles. The molecule has 5 rings (SSSR count). The van der Waals surface area contributed by atoms with Gasteiger partial charge in [0.1, 0.15) is 5.75 Å². The van der Waals surface area contributed by atoms with Crippen LogP contribution in [0.25, 0.3) is 45.3 Å². The number of phenolic OH excluding ortho intramolecular Hbond substituents is 1. The van der Waals surface area contributed by atoms with Gasteiger partial charge in [0.25, 0.3) is 0 Å². The molecule has 0 spiro atoms. The van der Waals surface area contributed by atoms with E-state index in [0.717, 1.165) is 27.8 Å². The summed E-state index contributed by atoms with van der Waals surface area (Å²) in [6.45, 7) is 0. The van der Waals surface area contributed by atoms with Crippen LogP contribution in [0, 0.1) is 0 Å². The van der Waals surface area contributed by atoms with E-state index in [9.17, 15) is 5.11 Å². The molecule has 0 fully saturated rings. The second kappa shape index (κ2) is 8.20. The molecule has 0 aliphatic rings. The van der Waals surface area contributed by atoms with E-state index in [1.165, 1.54) is 0 Å². The minimum absolute atomic E-state index is 0.197. The Morgan fingerprint density at radius 2 is 0.871 bits per heavy atom. The first kappa shape index (κ1) is 18.7. The number of phenols is 1. The molecule has 1 heterocycles. The molecule has 1 aromatic heterocycles. The second-order valence-electron chi connectivity index (χ2n) is 7.13. The van der Waals surface area contributed by atoms with Crippen molar-refractivity contribution in [2.45, 2.75) is 0 Å². The summed E-state index contributed by atoms with van der Waals surface area (Å²) in [5.74, 6) is 1.97. The zero-order valence-electron chi connectivity index (χ0n) is 16.7. The third-order valence-electron chi connectivity index (χ3n) is 5.03. The Hall–Kier alpha value is -4.31. The highest BCUT2D eigenvalue weighted by atomic mass is 16.3. The Kier molecular flexibility index (Phi) is 4.95. The summed E-state index contributed by atoms with van der Waals surface area (Å²) in [5.41, 5.74) is 4.52. The summed E-state index contributed by atoms with van der Waals surface area (Å²) in [4.78, 5) is 14.4. The molecule has 0 aliphatic heterocycles. The molecular weight excluding hydrogens is 382 g/mol. The largest absolute Gasteiger partial charge is 0.508 e. The summed E-state index contributed by atoms with van der Waals surface area (Å²) < 4.78 is 0. The molecule has 0 saturated heterocycles. The molecule has 0 saturated carbocycles. The van der Waals surface area contributed by atoms with Crippen LogP contribution in [0.2, 0.25) is 0 Å². The Balaban J connectivity index is 1.75. The average molecular weight is 401 g/mol. The van der Waals surface area contributed by atoms with E-state index in [1.807, 2.05) is 97.1 Å². The molecule has 0 bridgehead atoms. The molecule has 4 heteroatoms. The van der Waals surface area contributed by atoms with Gasteiger partial charge in [0.05, 0.1) is 0 Å². The number of rotatable bonds is 4. The molecule has 0 amide bonds. The van der Waals surface area contributed by atoms with Crippen molar-refractivity contribution >= 4 is 0 Å². The van der Waals surface area contributed by atoms with E-state index in [-0.39, 0.29) is 5.75 Å². The van der Waals surface area contributed by atoms with Crippen LogP contribution in [-0.4, -0.2) is 20.1 Å². The third kappa shape index (κ3) is 3.91. The van der Waals surface area contributed by atoms with E-state index in [1.54, 1.807) is 12.1 Å². The van der Waals surface area contributed by atoms with Crippen molar-refractivity contribution in [3.63, 3.8) is 0 Å². The monoisotopic (exact) mass is 401 g/mol. The van der Waals surface area contributed by atoms with E-state index in [2.05, 4.69) is 0 Å². The molecular formula is C27H19N3O. The Morgan fingerprint density at radius 3 is 1.39 bits per heavy atom. The van der Waals surface area contributed by atoms with Gasteiger partial charge >= 0.3 is 0 Å². The van der Waals surface area contributed by atoms with Gasteiger partial charge in [-0.15, -0.1) is 0 Å². The quantitative estimate of drug-likeness (QED) is 0.387. The first-order valence-corrected chi connectivity index (χ1v) is 10.0. The van der Waals surface area contributed by atoms with Crippen molar-refractivity contribution in [1.29, 1.82) is 0 Å². The fourth-order valence-electron chi connectivity index (χ4n) is 3.51. The lowest BCUT2D eigenvalue weighted by Gasteiger charge is -2.12. The number of aromatic hydroxyl groups is 1. The minimum Gasteiger partial charge on any atom is -0.508 e. The van der Waals surface area contributed by atoms with Gasteiger partial charge in [0, 0.05) is 16.7 Å². The van der Waals surface area contributed by atoms with Crippen LogP contribution in [0.4, 0.5) is 0 Å². The van der Waals surface area contributed by atoms with Gasteiger partial charge in [0.15, 0.2) is 17.5 Å². The molecule has 4 aromatic carbocycles. The molecule has 0 atom stereocenters. The van der Waals surface area contributed by atoms with Crippen LogP contribution in [-0.2, 0) is 0 Å². The van der Waals surface area contributed by atoms with Crippen LogP contribution in [0.3, 0.4) is 0 Å². The SMILES string of the molecule is Oc1ccc(-c2nc(-c3ccccc3)nc(-c3ccccc3)n2)c(-c2ccccc2)c1. The van der Waals surface area contributed by atoms with E-state index < -0.39 is 0 Å². The summed E-state index contributed by atoms with van der Waals surface area (Å²) in [6, 6.07) is 35.0. The smallest absolute Gasteiger partial charge is 0.164 e. The zero-order chi connectivity index (χ0) is 21.0. The summed E-state index contributed by atoms with van der Waals surface area (Å²) in [7, 11) is 0. The maximum Gasteiger partial charge on any atom is 0.164 e. The Bertz CT molecular complexity index is 1260. The normalized spacial score (nSPS) is 10.7. The van der Waals surface area contributed by atoms with Gasteiger partial charge in [-0.3, -0.25) is 0 Å². The molecule has 1 N–H and O–H groups in total. The summed E-state index contributed by atoms with van der Waals surface area (Å²) in [5, 5.41) is 10.2. The molecule has 4 nitrogen and oxygen atoms in total. The topological polar surface area (TPSA) is 58.9 Å². The number of aromatic nitrogens is 3. The molecule has 0 radical (unpaired) electrons. The van der Waals surface area contributed by atoms with Crippen LogP contribution >= 0.6 is 0 Å². The highest BCUT2D eigenvalue weighted by Crippen LogP contribution is 2.34. The van der Waals surface area contributed by atoms with Gasteiger partial charge in [-0.1, -0.05) is 91.0 Å². The lowest BCUT2D eigenvalue weighted by Crippen LogP contribution is -2.01. The lowest BCUT2D eigenvalue weighted by atomic mass is 9.98. The predicted octanol–water partition coefficient (Wildman–Crippen LogP) is 6.25. The van der Waals surface area contributed by atoms with Gasteiger partial charge in [-0.25, -0.2) is 15.0 Å². The highest BCUT2D eigenvalue weighted by Gasteiger charge is 2.16. The fourth-order valence-corrected chi connectivity index (χ4v) is 3.51. The Morgan fingerprint density at radius 1 is 0.419 bits per heavy atom. The third-order valence-corrected chi connectivity index (χ3v) is 5.03. The van der Waals surface area contributed by atoms with Crippen LogP contribution in [0.15, 0.2) is 109 Å². The van der Waals surface area contributed by atoms with Crippen LogP contribution < -0.4 is 0 Å². The number of hydrogen-bond acceptors (Lipinski definition) is 4. The predicted molar refractivity (Wildman–Crippen MR) is 123 cm³/mol. The van der Waals surface area contributed by atoms with Gasteiger partial charge in [0.2, 0.25) is 0 Å². The first-order chi connectivity index (χ1) is 15.3. The zero-order valence-corrected chi connectivity index (χ0v) is 16.7. The minimum atomic E-state index is 0.197. The van der Waals surface area contributed by atoms with Gasteiger partial charge in [-0.05, 0) is 29.3 Å². The van der Waals surface area contributed by atoms with E-state index in [4.69, 9.17) is 15.0 Å². The maximum absolute atomic E-state index is 10.2. The van der Waals surface area contributed by atoms with E-state index in [0.29, 0.717) is 17.5 Å². The van der Waals surface area contributed by atoms with Crippen molar-refractivity contribution < 1.29 is 5.11 Å². The standard InChI is InChI=1S/C27H19N3O/c31-22-16-17-23(24(18-22)19-10-4-1-5-11-19)27-29-25(20-12-6-2-7-13-20)28-26(30-27)21-14-8-3-9-15-21/h1-18,31H. The van der Waals surface area contributed by atoms with Crippen molar-refractivity contribution in [1.82, 2.24) is 15.0 Å². The summed E-state index contributed by atoms with van der Waals surface area (Å²) in [6.07, 6.45) is 0. The van der Waals surface area contributed by atoms with Crippen LogP contribution in [0.5, 0.6) is 5.75 Å². The van der Waals surface area contributed by atoms with Crippen molar-refractivity contribution in [3.8, 4) is 51.0 Å². The van der Waals surface area contributed by atoms with Crippen molar-refractivity contribution in [3.05, 3.63) is 109 Å². The second-order valence-corrected chi connectivity index (χ2v) is 7.13. The highest BCUT2D eigenvalue weighted by molar-refractivity contribution is 5.82. The van der Waals surface area contributed by atoms with Crippen molar-refractivity contribution in [2.24, 2.45) is 0 Å². The van der Waals surface area contributed by atoms with Gasteiger partial charge < -0.3 is 5.11 Å². The Labute approximate surface area is 180 Å². The number of hydrogen-bond donors (Lipinski definition) is 1. The molecule has 148 valence electrons. The molecule has 31 heavy (non-hydrogen) atoms. The maximum atomic E-state index is 10.2. The molecule has 0 unspecified atom stereocenters. The van der Waals surface area contributed by atoms with E-state index >= 15 is 0 Å². The first-order valence-electron chi connectivity index (χ1n) is 10.0. The summed E-state index contributed by atoms with van der Waals surface area (Å²) >= 11 is 0. The van der Waals surface area contributed by atoms with Crippen molar-refractivity contribution in [2.75, 3.05) is 0 Å². The van der Waals surface area contributed by atoms with Gasteiger partial charge in [-0.2, -0.15) is 0 Å². The lowest BCUT2D eigenvalue weighted by molar-refractivity contribution is 0.475.